The van der Waals surface area contributed by atoms with Crippen molar-refractivity contribution in [2.45, 2.75) is 12.2 Å². The van der Waals surface area contributed by atoms with Crippen molar-refractivity contribution in [3.63, 3.8) is 0 Å². The number of allylic oxidation sites excluding steroid dienone is 4. The van der Waals surface area contributed by atoms with E-state index in [1.54, 1.807) is 0 Å². The van der Waals surface area contributed by atoms with Gasteiger partial charge in [-0.25, -0.2) is 9.59 Å². The maximum Gasteiger partial charge on any atom is 0.335 e. The first-order valence-corrected chi connectivity index (χ1v) is 4.53. The number of nitrogens with one attached hydrogen (secondary N) is 1. The third-order valence-electron chi connectivity index (χ3n) is 1.52. The molecule has 0 aromatic rings. The van der Waals surface area contributed by atoms with Crippen molar-refractivity contribution in [3.8, 4) is 0 Å². The van der Waals surface area contributed by atoms with E-state index in [0.717, 1.165) is 0 Å². The number of aliphatic hydroxyl groups is 2. The monoisotopic (exact) mass is 243 g/mol. The Hall–Kier alpha value is -2.12. The average Bonchev–Trinajstić information content (AvgIpc) is 2.59. The van der Waals surface area contributed by atoms with E-state index in [4.69, 9.17) is 20.4 Å². The van der Waals surface area contributed by atoms with Gasteiger partial charge in [0, 0.05) is 12.4 Å². The molecule has 2 atom stereocenters. The van der Waals surface area contributed by atoms with Gasteiger partial charge in [-0.2, -0.15) is 0 Å². The van der Waals surface area contributed by atoms with Crippen LogP contribution in [0.5, 0.6) is 0 Å². The number of aliphatic carboxylic acids is 2. The van der Waals surface area contributed by atoms with Gasteiger partial charge in [-0.3, -0.25) is 0 Å². The maximum absolute atomic E-state index is 9.77. The van der Waals surface area contributed by atoms with Crippen LogP contribution < -0.4 is 5.32 Å². The fourth-order valence-corrected chi connectivity index (χ4v) is 0.676. The summed E-state index contributed by atoms with van der Waals surface area (Å²) in [6, 6.07) is 0. The van der Waals surface area contributed by atoms with Crippen molar-refractivity contribution in [1.82, 2.24) is 5.32 Å². The Labute approximate surface area is 97.0 Å². The summed E-state index contributed by atoms with van der Waals surface area (Å²) in [5, 5.41) is 35.4. The van der Waals surface area contributed by atoms with Gasteiger partial charge in [0.1, 0.15) is 0 Å². The lowest BCUT2D eigenvalue weighted by Crippen LogP contribution is -2.39. The van der Waals surface area contributed by atoms with Gasteiger partial charge in [-0.1, -0.05) is 12.2 Å². The molecule has 0 fully saturated rings. The van der Waals surface area contributed by atoms with Crippen LogP contribution in [0.25, 0.3) is 0 Å². The highest BCUT2D eigenvalue weighted by Gasteiger charge is 2.29. The summed E-state index contributed by atoms with van der Waals surface area (Å²) >= 11 is 0. The highest BCUT2D eigenvalue weighted by atomic mass is 16.4. The first kappa shape index (κ1) is 14.9. The minimum atomic E-state index is -2.27. The minimum absolute atomic E-state index is 1.77. The molecule has 94 valence electrons. The van der Waals surface area contributed by atoms with Crippen molar-refractivity contribution in [1.29, 1.82) is 0 Å². The molecule has 0 aromatic carbocycles. The lowest BCUT2D eigenvalue weighted by Gasteiger charge is -2.07. The molecule has 1 aliphatic rings. The molecule has 17 heavy (non-hydrogen) atoms. The molecule has 1 rings (SSSR count). The summed E-state index contributed by atoms with van der Waals surface area (Å²) < 4.78 is 0. The predicted octanol–water partition coefficient (Wildman–Crippen LogP) is -0.949. The van der Waals surface area contributed by atoms with Crippen molar-refractivity contribution < 1.29 is 30.0 Å². The summed E-state index contributed by atoms with van der Waals surface area (Å²) in [7, 11) is 0. The van der Waals surface area contributed by atoms with Crippen LogP contribution in [0.1, 0.15) is 0 Å². The molecular formula is C10H13NO6. The molecule has 1 aliphatic heterocycles. The van der Waals surface area contributed by atoms with E-state index in [1.807, 2.05) is 36.7 Å². The first-order chi connectivity index (χ1) is 7.96. The van der Waals surface area contributed by atoms with Crippen molar-refractivity contribution in [3.05, 3.63) is 36.7 Å². The first-order valence-electron chi connectivity index (χ1n) is 4.53. The van der Waals surface area contributed by atoms with Crippen LogP contribution in [0.4, 0.5) is 0 Å². The van der Waals surface area contributed by atoms with Gasteiger partial charge in [0.15, 0.2) is 12.2 Å². The number of aliphatic hydroxyl groups excluding tert-OH is 2. The second kappa shape index (κ2) is 8.08. The Balaban J connectivity index is 0.000000318. The Morgan fingerprint density at radius 2 is 1.18 bits per heavy atom. The third-order valence-corrected chi connectivity index (χ3v) is 1.52. The SMILES string of the molecule is C1=CC=CNC=C1.O=C(O)C(O)C(O)C(=O)O. The van der Waals surface area contributed by atoms with E-state index in [9.17, 15) is 9.59 Å². The molecule has 0 saturated heterocycles. The zero-order valence-corrected chi connectivity index (χ0v) is 8.72. The average molecular weight is 243 g/mol. The van der Waals surface area contributed by atoms with Gasteiger partial charge in [-0.15, -0.1) is 0 Å². The lowest BCUT2D eigenvalue weighted by molar-refractivity contribution is -0.165. The van der Waals surface area contributed by atoms with Gasteiger partial charge in [0.25, 0.3) is 0 Å². The Morgan fingerprint density at radius 3 is 1.47 bits per heavy atom. The number of hydrogen-bond acceptors (Lipinski definition) is 5. The molecule has 0 aromatic heterocycles. The summed E-state index contributed by atoms with van der Waals surface area (Å²) in [4.78, 5) is 19.5. The van der Waals surface area contributed by atoms with Crippen LogP contribution in [0.2, 0.25) is 0 Å². The molecule has 0 amide bonds. The van der Waals surface area contributed by atoms with Crippen LogP contribution in [-0.2, 0) is 9.59 Å². The van der Waals surface area contributed by atoms with Crippen LogP contribution in [-0.4, -0.2) is 44.6 Å². The predicted molar refractivity (Wildman–Crippen MR) is 57.8 cm³/mol. The van der Waals surface area contributed by atoms with Crippen molar-refractivity contribution in [2.75, 3.05) is 0 Å². The van der Waals surface area contributed by atoms with Gasteiger partial charge >= 0.3 is 11.9 Å². The van der Waals surface area contributed by atoms with Crippen LogP contribution >= 0.6 is 0 Å². The number of hydrogen-bond donors (Lipinski definition) is 5. The van der Waals surface area contributed by atoms with Gasteiger partial charge in [-0.05, 0) is 12.2 Å². The Kier molecular flexibility index (Phi) is 7.07. The standard InChI is InChI=1S/C6H7N.C4H6O6/c1-2-4-6-7-5-3-1;5-1(3(7)8)2(6)4(9)10/h1-7H;1-2,5-6H,(H,7,8)(H,9,10). The van der Waals surface area contributed by atoms with E-state index in [0.29, 0.717) is 0 Å². The molecule has 0 bridgehead atoms. The Bertz CT molecular complexity index is 315. The van der Waals surface area contributed by atoms with E-state index in [2.05, 4.69) is 5.32 Å². The summed E-state index contributed by atoms with van der Waals surface area (Å²) in [5.74, 6) is -3.54. The molecule has 0 spiro atoms. The number of carboxylic acids is 2. The fraction of sp³-hybridized carbons (Fsp3) is 0.200. The summed E-state index contributed by atoms with van der Waals surface area (Å²) in [6.45, 7) is 0. The van der Waals surface area contributed by atoms with E-state index < -0.39 is 24.1 Å². The lowest BCUT2D eigenvalue weighted by atomic mass is 10.2. The molecule has 7 heteroatoms. The molecule has 0 saturated carbocycles. The second-order valence-electron chi connectivity index (χ2n) is 2.84. The quantitative estimate of drug-likeness (QED) is 0.432. The van der Waals surface area contributed by atoms with E-state index in [1.165, 1.54) is 0 Å². The molecule has 0 aliphatic carbocycles. The van der Waals surface area contributed by atoms with Gasteiger partial charge < -0.3 is 25.7 Å². The zero-order valence-electron chi connectivity index (χ0n) is 8.72. The summed E-state index contributed by atoms with van der Waals surface area (Å²) in [6.07, 6.45) is 7.04. The van der Waals surface area contributed by atoms with Crippen molar-refractivity contribution >= 4 is 11.9 Å². The highest BCUT2D eigenvalue weighted by Crippen LogP contribution is 1.92. The molecular weight excluding hydrogens is 230 g/mol. The molecule has 7 nitrogen and oxygen atoms in total. The van der Waals surface area contributed by atoms with Crippen LogP contribution in [0.3, 0.4) is 0 Å². The number of carboxylic acid groups (broad SMARTS) is 2. The topological polar surface area (TPSA) is 127 Å². The van der Waals surface area contributed by atoms with Crippen LogP contribution in [0, 0.1) is 0 Å². The van der Waals surface area contributed by atoms with Crippen LogP contribution in [0.15, 0.2) is 36.7 Å². The second-order valence-corrected chi connectivity index (χ2v) is 2.84. The normalized spacial score (nSPS) is 15.9. The van der Waals surface area contributed by atoms with Gasteiger partial charge in [0.05, 0.1) is 0 Å². The number of carbonyl (C=O) groups is 2. The number of rotatable bonds is 3. The van der Waals surface area contributed by atoms with Crippen molar-refractivity contribution in [2.24, 2.45) is 0 Å². The fourth-order valence-electron chi connectivity index (χ4n) is 0.676. The molecule has 0 radical (unpaired) electrons. The third kappa shape index (κ3) is 6.88. The molecule has 5 N–H and O–H groups in total. The molecule has 1 heterocycles. The Morgan fingerprint density at radius 1 is 0.824 bits per heavy atom. The summed E-state index contributed by atoms with van der Waals surface area (Å²) in [5.41, 5.74) is 0. The highest BCUT2D eigenvalue weighted by molar-refractivity contribution is 5.83. The minimum Gasteiger partial charge on any atom is -0.479 e. The largest absolute Gasteiger partial charge is 0.479 e. The smallest absolute Gasteiger partial charge is 0.335 e. The zero-order chi connectivity index (χ0) is 13.3. The van der Waals surface area contributed by atoms with E-state index in [-0.39, 0.29) is 0 Å². The van der Waals surface area contributed by atoms with E-state index >= 15 is 0 Å². The maximum atomic E-state index is 9.77. The molecule has 2 unspecified atom stereocenters. The van der Waals surface area contributed by atoms with Gasteiger partial charge in [0.2, 0.25) is 0 Å².